The van der Waals surface area contributed by atoms with Gasteiger partial charge in [0.25, 0.3) is 0 Å². The van der Waals surface area contributed by atoms with Gasteiger partial charge in [-0.2, -0.15) is 13.2 Å². The molecule has 0 unspecified atom stereocenters. The van der Waals surface area contributed by atoms with Crippen molar-refractivity contribution in [2.24, 2.45) is 0 Å². The van der Waals surface area contributed by atoms with Crippen LogP contribution in [0.4, 0.5) is 13.2 Å². The Morgan fingerprint density at radius 2 is 2.21 bits per heavy atom. The second-order valence-electron chi connectivity index (χ2n) is 3.62. The molecule has 0 aliphatic rings. The fraction of sp³-hybridized carbons (Fsp3) is 0.333. The number of aromatic carboxylic acids is 1. The molecule has 1 heterocycles. The van der Waals surface area contributed by atoms with Gasteiger partial charge in [-0.15, -0.1) is 6.58 Å². The minimum Gasteiger partial charge on any atom is -0.477 e. The number of hydrogen-bond acceptors (Lipinski definition) is 3. The molecule has 1 N–H and O–H groups in total. The largest absolute Gasteiger partial charge is 0.477 e. The minimum atomic E-state index is -4.77. The second-order valence-corrected chi connectivity index (χ2v) is 3.62. The van der Waals surface area contributed by atoms with E-state index in [1.165, 1.54) is 0 Å². The van der Waals surface area contributed by atoms with E-state index in [0.717, 1.165) is 6.20 Å². The number of carboxylic acid groups (broad SMARTS) is 1. The van der Waals surface area contributed by atoms with Crippen LogP contribution >= 0.6 is 0 Å². The van der Waals surface area contributed by atoms with Crippen LogP contribution in [0.5, 0.6) is 5.88 Å². The first kappa shape index (κ1) is 15.0. The van der Waals surface area contributed by atoms with E-state index < -0.39 is 29.2 Å². The van der Waals surface area contributed by atoms with Crippen molar-refractivity contribution in [2.75, 3.05) is 6.61 Å². The van der Waals surface area contributed by atoms with Gasteiger partial charge in [0.1, 0.15) is 5.56 Å². The van der Waals surface area contributed by atoms with Crippen molar-refractivity contribution in [3.63, 3.8) is 0 Å². The van der Waals surface area contributed by atoms with Crippen molar-refractivity contribution < 1.29 is 27.8 Å². The Labute approximate surface area is 107 Å². The monoisotopic (exact) mass is 275 g/mol. The van der Waals surface area contributed by atoms with E-state index in [1.54, 1.807) is 6.08 Å². The summed E-state index contributed by atoms with van der Waals surface area (Å²) in [5.74, 6) is -2.24. The van der Waals surface area contributed by atoms with E-state index in [2.05, 4.69) is 11.6 Å². The highest BCUT2D eigenvalue weighted by Gasteiger charge is 2.37. The Morgan fingerprint density at radius 1 is 1.53 bits per heavy atom. The molecule has 0 saturated heterocycles. The molecular weight excluding hydrogens is 263 g/mol. The third-order valence-electron chi connectivity index (χ3n) is 2.23. The quantitative estimate of drug-likeness (QED) is 0.640. The number of carbonyl (C=O) groups is 1. The number of pyridine rings is 1. The van der Waals surface area contributed by atoms with Crippen molar-refractivity contribution in [2.45, 2.75) is 19.0 Å². The first-order chi connectivity index (χ1) is 8.88. The lowest BCUT2D eigenvalue weighted by Crippen LogP contribution is -2.16. The number of alkyl halides is 3. The SMILES string of the molecule is C=CCCCOc1nccc(C(F)(F)F)c1C(=O)O. The molecule has 104 valence electrons. The summed E-state index contributed by atoms with van der Waals surface area (Å²) < 4.78 is 43.0. The number of ether oxygens (including phenoxy) is 1. The molecule has 0 aromatic carbocycles. The zero-order valence-electron chi connectivity index (χ0n) is 9.91. The predicted molar refractivity (Wildman–Crippen MR) is 61.1 cm³/mol. The van der Waals surface area contributed by atoms with Crippen molar-refractivity contribution in [3.05, 3.63) is 36.0 Å². The summed E-state index contributed by atoms with van der Waals surface area (Å²) in [6.45, 7) is 3.55. The molecule has 0 aliphatic carbocycles. The molecule has 0 radical (unpaired) electrons. The normalized spacial score (nSPS) is 11.1. The summed E-state index contributed by atoms with van der Waals surface area (Å²) in [7, 11) is 0. The van der Waals surface area contributed by atoms with Gasteiger partial charge in [-0.25, -0.2) is 9.78 Å². The van der Waals surface area contributed by atoms with E-state index in [-0.39, 0.29) is 6.61 Å². The van der Waals surface area contributed by atoms with E-state index in [4.69, 9.17) is 9.84 Å². The summed E-state index contributed by atoms with van der Waals surface area (Å²) in [5.41, 5.74) is -2.23. The molecular formula is C12H12F3NO3. The maximum absolute atomic E-state index is 12.7. The third kappa shape index (κ3) is 3.97. The van der Waals surface area contributed by atoms with Crippen LogP contribution in [0.2, 0.25) is 0 Å². The summed E-state index contributed by atoms with van der Waals surface area (Å²) >= 11 is 0. The Morgan fingerprint density at radius 3 is 2.74 bits per heavy atom. The number of nitrogens with zero attached hydrogens (tertiary/aromatic N) is 1. The molecule has 1 aromatic heterocycles. The van der Waals surface area contributed by atoms with Crippen LogP contribution < -0.4 is 4.74 Å². The maximum Gasteiger partial charge on any atom is 0.417 e. The van der Waals surface area contributed by atoms with Crippen molar-refractivity contribution in [1.29, 1.82) is 0 Å². The number of rotatable bonds is 6. The molecule has 0 bridgehead atoms. The van der Waals surface area contributed by atoms with E-state index in [0.29, 0.717) is 18.9 Å². The lowest BCUT2D eigenvalue weighted by molar-refractivity contribution is -0.138. The fourth-order valence-electron chi connectivity index (χ4n) is 1.39. The van der Waals surface area contributed by atoms with Crippen molar-refractivity contribution >= 4 is 5.97 Å². The molecule has 0 aliphatic heterocycles. The zero-order valence-corrected chi connectivity index (χ0v) is 9.91. The van der Waals surface area contributed by atoms with Crippen LogP contribution in [0.1, 0.15) is 28.8 Å². The van der Waals surface area contributed by atoms with Gasteiger partial charge in [-0.3, -0.25) is 0 Å². The molecule has 0 saturated carbocycles. The van der Waals surface area contributed by atoms with Crippen LogP contribution in [0.25, 0.3) is 0 Å². The van der Waals surface area contributed by atoms with Gasteiger partial charge in [-0.1, -0.05) is 6.08 Å². The molecule has 1 aromatic rings. The molecule has 1 rings (SSSR count). The van der Waals surface area contributed by atoms with Gasteiger partial charge < -0.3 is 9.84 Å². The molecule has 0 spiro atoms. The van der Waals surface area contributed by atoms with Crippen LogP contribution in [0, 0.1) is 0 Å². The Balaban J connectivity index is 3.04. The summed E-state index contributed by atoms with van der Waals surface area (Å²) in [6, 6.07) is 0.611. The number of allylic oxidation sites excluding steroid dienone is 1. The number of hydrogen-bond donors (Lipinski definition) is 1. The Bertz CT molecular complexity index is 472. The molecule has 0 amide bonds. The molecule has 0 fully saturated rings. The fourth-order valence-corrected chi connectivity index (χ4v) is 1.39. The Hall–Kier alpha value is -2.05. The zero-order chi connectivity index (χ0) is 14.5. The Kier molecular flexibility index (Phi) is 4.91. The van der Waals surface area contributed by atoms with E-state index in [9.17, 15) is 18.0 Å². The summed E-state index contributed by atoms with van der Waals surface area (Å²) in [5, 5.41) is 8.88. The standard InChI is InChI=1S/C12H12F3NO3/c1-2-3-4-7-19-10-9(11(17)18)8(5-6-16-10)12(13,14)15/h2,5-6H,1,3-4,7H2,(H,17,18). The lowest BCUT2D eigenvalue weighted by atomic mass is 10.1. The smallest absolute Gasteiger partial charge is 0.417 e. The maximum atomic E-state index is 12.7. The van der Waals surface area contributed by atoms with Crippen LogP contribution in [-0.2, 0) is 6.18 Å². The van der Waals surface area contributed by atoms with E-state index >= 15 is 0 Å². The lowest BCUT2D eigenvalue weighted by Gasteiger charge is -2.13. The van der Waals surface area contributed by atoms with Gasteiger partial charge in [-0.05, 0) is 18.9 Å². The first-order valence-electron chi connectivity index (χ1n) is 5.41. The molecule has 19 heavy (non-hydrogen) atoms. The predicted octanol–water partition coefficient (Wildman–Crippen LogP) is 3.14. The van der Waals surface area contributed by atoms with Gasteiger partial charge in [0.05, 0.1) is 12.2 Å². The summed E-state index contributed by atoms with van der Waals surface area (Å²) in [6.07, 6.45) is -1.14. The minimum absolute atomic E-state index is 0.0701. The first-order valence-corrected chi connectivity index (χ1v) is 5.41. The highest BCUT2D eigenvalue weighted by Crippen LogP contribution is 2.34. The molecule has 0 atom stereocenters. The van der Waals surface area contributed by atoms with Gasteiger partial charge >= 0.3 is 12.1 Å². The molecule has 7 heteroatoms. The second kappa shape index (κ2) is 6.21. The van der Waals surface area contributed by atoms with Crippen LogP contribution in [0.3, 0.4) is 0 Å². The topological polar surface area (TPSA) is 59.4 Å². The van der Waals surface area contributed by atoms with Gasteiger partial charge in [0.15, 0.2) is 0 Å². The van der Waals surface area contributed by atoms with Gasteiger partial charge in [0.2, 0.25) is 5.88 Å². The van der Waals surface area contributed by atoms with E-state index in [1.807, 2.05) is 0 Å². The average Bonchev–Trinajstić information content (AvgIpc) is 2.33. The highest BCUT2D eigenvalue weighted by molar-refractivity contribution is 5.92. The van der Waals surface area contributed by atoms with Crippen LogP contribution in [0.15, 0.2) is 24.9 Å². The third-order valence-corrected chi connectivity index (χ3v) is 2.23. The van der Waals surface area contributed by atoms with Gasteiger partial charge in [0, 0.05) is 6.20 Å². The van der Waals surface area contributed by atoms with Crippen molar-refractivity contribution in [1.82, 2.24) is 4.98 Å². The van der Waals surface area contributed by atoms with Crippen molar-refractivity contribution in [3.8, 4) is 5.88 Å². The van der Waals surface area contributed by atoms with Crippen LogP contribution in [-0.4, -0.2) is 22.7 Å². The summed E-state index contributed by atoms with van der Waals surface area (Å²) in [4.78, 5) is 14.5. The average molecular weight is 275 g/mol. The number of carboxylic acids is 1. The number of unbranched alkanes of at least 4 members (excludes halogenated alkanes) is 1. The number of halogens is 3. The highest BCUT2D eigenvalue weighted by atomic mass is 19.4. The number of aromatic nitrogens is 1. The molecule has 4 nitrogen and oxygen atoms in total.